The Morgan fingerprint density at radius 1 is 1.47 bits per heavy atom. The van der Waals surface area contributed by atoms with Crippen LogP contribution in [0.1, 0.15) is 5.56 Å². The number of fused-ring (bicyclic) bond motifs is 1. The van der Waals surface area contributed by atoms with Crippen molar-refractivity contribution in [3.63, 3.8) is 0 Å². The Morgan fingerprint density at radius 3 is 3.00 bits per heavy atom. The Morgan fingerprint density at radius 2 is 2.27 bits per heavy atom. The molecule has 0 unspecified atom stereocenters. The Hall–Kier alpha value is -2.17. The Balaban J connectivity index is 2.56. The van der Waals surface area contributed by atoms with E-state index in [0.717, 1.165) is 16.5 Å². The largest absolute Gasteiger partial charge is 0.465 e. The molecule has 2 rings (SSSR count). The Kier molecular flexibility index (Phi) is 2.21. The molecule has 0 aliphatic heterocycles. The molecule has 1 aromatic carbocycles. The molecule has 0 spiro atoms. The summed E-state index contributed by atoms with van der Waals surface area (Å²) in [7, 11) is 0. The van der Waals surface area contributed by atoms with Crippen LogP contribution in [0.5, 0.6) is 0 Å². The fraction of sp³-hybridized carbons (Fsp3) is 0.100. The van der Waals surface area contributed by atoms with E-state index in [1.807, 2.05) is 6.92 Å². The van der Waals surface area contributed by atoms with Crippen LogP contribution in [0.25, 0.3) is 10.9 Å². The second-order valence-corrected chi connectivity index (χ2v) is 3.19. The number of amides is 1. The van der Waals surface area contributed by atoms with Gasteiger partial charge < -0.3 is 5.11 Å². The number of rotatable bonds is 1. The number of nitrogens with one attached hydrogen (secondary N) is 1. The molecule has 1 aromatic heterocycles. The molecule has 0 atom stereocenters. The summed E-state index contributed by atoms with van der Waals surface area (Å²) in [6.45, 7) is 1.82. The number of aromatic nitrogens is 2. The molecule has 5 nitrogen and oxygen atoms in total. The Labute approximate surface area is 85.8 Å². The lowest BCUT2D eigenvalue weighted by Gasteiger charge is -2.06. The highest BCUT2D eigenvalue weighted by molar-refractivity contribution is 5.90. The summed E-state index contributed by atoms with van der Waals surface area (Å²) in [5, 5.41) is 19.5. The van der Waals surface area contributed by atoms with Crippen LogP contribution in [0, 0.1) is 6.92 Å². The zero-order valence-electron chi connectivity index (χ0n) is 8.06. The highest BCUT2D eigenvalue weighted by Gasteiger charge is 2.04. The fourth-order valence-electron chi connectivity index (χ4n) is 1.39. The monoisotopic (exact) mass is 203 g/mol. The second-order valence-electron chi connectivity index (χ2n) is 3.19. The van der Waals surface area contributed by atoms with Crippen LogP contribution < -0.4 is 5.32 Å². The summed E-state index contributed by atoms with van der Waals surface area (Å²) in [5.74, 6) is 0. The van der Waals surface area contributed by atoms with Gasteiger partial charge in [0.15, 0.2) is 0 Å². The van der Waals surface area contributed by atoms with E-state index in [2.05, 4.69) is 15.5 Å². The van der Waals surface area contributed by atoms with Crippen LogP contribution >= 0.6 is 0 Å². The third kappa shape index (κ3) is 1.85. The molecule has 15 heavy (non-hydrogen) atoms. The quantitative estimate of drug-likeness (QED) is 0.743. The Bertz CT molecular complexity index is 525. The van der Waals surface area contributed by atoms with Gasteiger partial charge in [-0.2, -0.15) is 10.2 Å². The van der Waals surface area contributed by atoms with Crippen molar-refractivity contribution >= 4 is 22.7 Å². The van der Waals surface area contributed by atoms with E-state index in [9.17, 15) is 4.79 Å². The predicted octanol–water partition coefficient (Wildman–Crippen LogP) is 2.03. The SMILES string of the molecule is Cc1cc2nnccc2cc1NC(=O)O. The van der Waals surface area contributed by atoms with Crippen molar-refractivity contribution in [1.29, 1.82) is 0 Å². The summed E-state index contributed by atoms with van der Waals surface area (Å²) in [6, 6.07) is 5.33. The highest BCUT2D eigenvalue weighted by atomic mass is 16.4. The molecule has 1 heterocycles. The van der Waals surface area contributed by atoms with Crippen LogP contribution in [0.4, 0.5) is 10.5 Å². The van der Waals surface area contributed by atoms with Crippen molar-refractivity contribution < 1.29 is 9.90 Å². The number of carboxylic acid groups (broad SMARTS) is 1. The molecule has 1 amide bonds. The van der Waals surface area contributed by atoms with Gasteiger partial charge in [-0.1, -0.05) is 0 Å². The molecule has 5 heteroatoms. The number of anilines is 1. The molecular weight excluding hydrogens is 194 g/mol. The lowest BCUT2D eigenvalue weighted by molar-refractivity contribution is 0.209. The van der Waals surface area contributed by atoms with Crippen LogP contribution in [-0.2, 0) is 0 Å². The van der Waals surface area contributed by atoms with Crippen molar-refractivity contribution in [1.82, 2.24) is 10.2 Å². The molecule has 0 saturated carbocycles. The topological polar surface area (TPSA) is 75.1 Å². The van der Waals surface area contributed by atoms with Crippen molar-refractivity contribution in [2.75, 3.05) is 5.32 Å². The van der Waals surface area contributed by atoms with Crippen molar-refractivity contribution in [2.45, 2.75) is 6.92 Å². The smallest absolute Gasteiger partial charge is 0.409 e. The van der Waals surface area contributed by atoms with Crippen molar-refractivity contribution in [2.24, 2.45) is 0 Å². The van der Waals surface area contributed by atoms with Gasteiger partial charge >= 0.3 is 6.09 Å². The molecular formula is C10H9N3O2. The van der Waals surface area contributed by atoms with E-state index >= 15 is 0 Å². The summed E-state index contributed by atoms with van der Waals surface area (Å²) >= 11 is 0. The van der Waals surface area contributed by atoms with Gasteiger partial charge in [-0.05, 0) is 30.7 Å². The zero-order chi connectivity index (χ0) is 10.8. The van der Waals surface area contributed by atoms with Gasteiger partial charge in [-0.25, -0.2) is 4.79 Å². The molecule has 76 valence electrons. The van der Waals surface area contributed by atoms with Gasteiger partial charge in [-0.15, -0.1) is 0 Å². The van der Waals surface area contributed by atoms with Crippen molar-refractivity contribution in [3.8, 4) is 0 Å². The average molecular weight is 203 g/mol. The number of hydrogen-bond acceptors (Lipinski definition) is 3. The standard InChI is InChI=1S/C10H9N3O2/c1-6-4-9-7(2-3-11-13-9)5-8(6)12-10(14)15/h2-5,12H,1H3,(H,14,15). The molecule has 0 aliphatic carbocycles. The van der Waals surface area contributed by atoms with E-state index in [4.69, 9.17) is 5.11 Å². The maximum Gasteiger partial charge on any atom is 0.409 e. The van der Waals surface area contributed by atoms with Gasteiger partial charge in [0, 0.05) is 11.1 Å². The first-order valence-corrected chi connectivity index (χ1v) is 4.39. The molecule has 0 saturated heterocycles. The summed E-state index contributed by atoms with van der Waals surface area (Å²) in [6.07, 6.45) is 0.502. The number of benzene rings is 1. The number of nitrogens with zero attached hydrogens (tertiary/aromatic N) is 2. The number of carbonyl (C=O) groups is 1. The molecule has 0 aliphatic rings. The maximum absolute atomic E-state index is 10.5. The number of aryl methyl sites for hydroxylation is 1. The normalized spacial score (nSPS) is 10.2. The first kappa shape index (κ1) is 9.39. The summed E-state index contributed by atoms with van der Waals surface area (Å²) < 4.78 is 0. The van der Waals surface area contributed by atoms with E-state index < -0.39 is 6.09 Å². The molecule has 0 radical (unpaired) electrons. The second kappa shape index (κ2) is 3.53. The molecule has 0 fully saturated rings. The fourth-order valence-corrected chi connectivity index (χ4v) is 1.39. The van der Waals surface area contributed by atoms with Gasteiger partial charge in [0.2, 0.25) is 0 Å². The van der Waals surface area contributed by atoms with E-state index in [-0.39, 0.29) is 0 Å². The molecule has 2 N–H and O–H groups in total. The number of hydrogen-bond donors (Lipinski definition) is 2. The average Bonchev–Trinajstić information content (AvgIpc) is 2.18. The lowest BCUT2D eigenvalue weighted by Crippen LogP contribution is -2.08. The first-order chi connectivity index (χ1) is 7.16. The third-order valence-corrected chi connectivity index (χ3v) is 2.10. The molecule has 2 aromatic rings. The van der Waals surface area contributed by atoms with Gasteiger partial charge in [0.05, 0.1) is 11.7 Å². The maximum atomic E-state index is 10.5. The predicted molar refractivity (Wildman–Crippen MR) is 55.9 cm³/mol. The van der Waals surface area contributed by atoms with Gasteiger partial charge in [-0.3, -0.25) is 5.32 Å². The lowest BCUT2D eigenvalue weighted by atomic mass is 10.1. The van der Waals surface area contributed by atoms with Crippen LogP contribution in [-0.4, -0.2) is 21.4 Å². The highest BCUT2D eigenvalue weighted by Crippen LogP contribution is 2.21. The first-order valence-electron chi connectivity index (χ1n) is 4.39. The van der Waals surface area contributed by atoms with Crippen LogP contribution in [0.3, 0.4) is 0 Å². The van der Waals surface area contributed by atoms with E-state index in [1.165, 1.54) is 0 Å². The minimum atomic E-state index is -1.07. The minimum Gasteiger partial charge on any atom is -0.465 e. The van der Waals surface area contributed by atoms with Crippen LogP contribution in [0.15, 0.2) is 24.4 Å². The summed E-state index contributed by atoms with van der Waals surface area (Å²) in [5.41, 5.74) is 2.15. The third-order valence-electron chi connectivity index (χ3n) is 2.10. The summed E-state index contributed by atoms with van der Waals surface area (Å²) in [4.78, 5) is 10.5. The van der Waals surface area contributed by atoms with Crippen LogP contribution in [0.2, 0.25) is 0 Å². The molecule has 0 bridgehead atoms. The minimum absolute atomic E-state index is 0.572. The van der Waals surface area contributed by atoms with E-state index in [0.29, 0.717) is 5.69 Å². The zero-order valence-corrected chi connectivity index (χ0v) is 8.06. The van der Waals surface area contributed by atoms with Crippen molar-refractivity contribution in [3.05, 3.63) is 30.0 Å². The van der Waals surface area contributed by atoms with Gasteiger partial charge in [0.25, 0.3) is 0 Å². The van der Waals surface area contributed by atoms with E-state index in [1.54, 1.807) is 24.4 Å². The van der Waals surface area contributed by atoms with Gasteiger partial charge in [0.1, 0.15) is 0 Å².